The lowest BCUT2D eigenvalue weighted by Gasteiger charge is -2.11. The summed E-state index contributed by atoms with van der Waals surface area (Å²) in [6.45, 7) is 5.73. The van der Waals surface area contributed by atoms with E-state index in [0.717, 1.165) is 10.4 Å². The van der Waals surface area contributed by atoms with Crippen LogP contribution < -0.4 is 9.86 Å². The standard InChI is InChI=1S/C8H14N2O2S2/c1-5-4-8(7(3)13-5)6(2)10-14(9,11)12/h4,6,10H,1-3H3,(H2,9,11,12). The summed E-state index contributed by atoms with van der Waals surface area (Å²) >= 11 is 1.65. The summed E-state index contributed by atoms with van der Waals surface area (Å²) in [6.07, 6.45) is 0. The highest BCUT2D eigenvalue weighted by Crippen LogP contribution is 2.26. The maximum atomic E-state index is 10.8. The van der Waals surface area contributed by atoms with Crippen LogP contribution in [-0.2, 0) is 10.2 Å². The first kappa shape index (κ1) is 11.6. The molecule has 1 atom stereocenters. The molecule has 0 saturated heterocycles. The lowest BCUT2D eigenvalue weighted by molar-refractivity contribution is 0.568. The molecule has 0 saturated carbocycles. The first-order valence-electron chi connectivity index (χ1n) is 4.16. The van der Waals surface area contributed by atoms with Crippen LogP contribution in [0.2, 0.25) is 0 Å². The Morgan fingerprint density at radius 1 is 1.50 bits per heavy atom. The van der Waals surface area contributed by atoms with Crippen molar-refractivity contribution in [3.8, 4) is 0 Å². The molecular formula is C8H14N2O2S2. The fourth-order valence-corrected chi connectivity index (χ4v) is 3.03. The second kappa shape index (κ2) is 3.98. The van der Waals surface area contributed by atoms with Crippen LogP contribution in [0.1, 0.15) is 28.3 Å². The third-order valence-electron chi connectivity index (χ3n) is 1.89. The smallest absolute Gasteiger partial charge is 0.216 e. The van der Waals surface area contributed by atoms with Gasteiger partial charge in [-0.1, -0.05) is 0 Å². The van der Waals surface area contributed by atoms with E-state index in [1.807, 2.05) is 19.9 Å². The van der Waals surface area contributed by atoms with Crippen molar-refractivity contribution in [3.63, 3.8) is 0 Å². The van der Waals surface area contributed by atoms with Crippen LogP contribution in [0.15, 0.2) is 6.07 Å². The molecule has 4 nitrogen and oxygen atoms in total. The van der Waals surface area contributed by atoms with Crippen molar-refractivity contribution in [2.24, 2.45) is 5.14 Å². The predicted molar refractivity (Wildman–Crippen MR) is 58.5 cm³/mol. The van der Waals surface area contributed by atoms with Gasteiger partial charge in [-0.2, -0.15) is 13.1 Å². The zero-order valence-corrected chi connectivity index (χ0v) is 10.00. The maximum absolute atomic E-state index is 10.8. The van der Waals surface area contributed by atoms with Gasteiger partial charge in [0.05, 0.1) is 0 Å². The monoisotopic (exact) mass is 234 g/mol. The van der Waals surface area contributed by atoms with Gasteiger partial charge in [-0.3, -0.25) is 0 Å². The van der Waals surface area contributed by atoms with Crippen LogP contribution in [0.25, 0.3) is 0 Å². The molecule has 0 amide bonds. The average molecular weight is 234 g/mol. The van der Waals surface area contributed by atoms with Crippen molar-refractivity contribution >= 4 is 21.5 Å². The normalized spacial score (nSPS) is 14.3. The quantitative estimate of drug-likeness (QED) is 0.825. The van der Waals surface area contributed by atoms with Crippen molar-refractivity contribution in [1.82, 2.24) is 4.72 Å². The highest BCUT2D eigenvalue weighted by atomic mass is 32.2. The summed E-state index contributed by atoms with van der Waals surface area (Å²) in [7, 11) is -3.62. The van der Waals surface area contributed by atoms with Crippen molar-refractivity contribution in [2.75, 3.05) is 0 Å². The Bertz CT molecular complexity index is 423. The SMILES string of the molecule is Cc1cc(C(C)NS(N)(=O)=O)c(C)s1. The number of hydrogen-bond acceptors (Lipinski definition) is 3. The van der Waals surface area contributed by atoms with E-state index < -0.39 is 10.2 Å². The van der Waals surface area contributed by atoms with E-state index in [1.54, 1.807) is 18.3 Å². The van der Waals surface area contributed by atoms with Crippen LogP contribution in [0.4, 0.5) is 0 Å². The van der Waals surface area contributed by atoms with Gasteiger partial charge in [-0.25, -0.2) is 5.14 Å². The number of aryl methyl sites for hydroxylation is 2. The van der Waals surface area contributed by atoms with Crippen LogP contribution >= 0.6 is 11.3 Å². The summed E-state index contributed by atoms with van der Waals surface area (Å²) in [6, 6.07) is 1.71. The Hall–Kier alpha value is -0.430. The summed E-state index contributed by atoms with van der Waals surface area (Å²) in [5.74, 6) is 0. The number of rotatable bonds is 3. The molecule has 0 radical (unpaired) electrons. The van der Waals surface area contributed by atoms with Crippen LogP contribution in [0, 0.1) is 13.8 Å². The Labute approximate surface area is 88.3 Å². The molecule has 0 aliphatic heterocycles. The van der Waals surface area contributed by atoms with E-state index in [9.17, 15) is 8.42 Å². The Morgan fingerprint density at radius 2 is 2.07 bits per heavy atom. The van der Waals surface area contributed by atoms with Crippen molar-refractivity contribution in [3.05, 3.63) is 21.4 Å². The molecule has 0 bridgehead atoms. The van der Waals surface area contributed by atoms with Crippen molar-refractivity contribution in [1.29, 1.82) is 0 Å². The van der Waals surface area contributed by atoms with Crippen LogP contribution in [0.5, 0.6) is 0 Å². The minimum absolute atomic E-state index is 0.269. The molecule has 6 heteroatoms. The number of nitrogens with two attached hydrogens (primary N) is 1. The molecule has 14 heavy (non-hydrogen) atoms. The van der Waals surface area contributed by atoms with Gasteiger partial charge < -0.3 is 0 Å². The van der Waals surface area contributed by atoms with E-state index in [4.69, 9.17) is 5.14 Å². The molecule has 0 fully saturated rings. The number of nitrogens with one attached hydrogen (secondary N) is 1. The molecule has 3 N–H and O–H groups in total. The van der Waals surface area contributed by atoms with Gasteiger partial charge >= 0.3 is 0 Å². The number of thiophene rings is 1. The zero-order valence-electron chi connectivity index (χ0n) is 8.37. The second-order valence-corrected chi connectivity index (χ2v) is 6.04. The molecule has 1 heterocycles. The molecule has 1 unspecified atom stereocenters. The molecular weight excluding hydrogens is 220 g/mol. The largest absolute Gasteiger partial charge is 0.274 e. The average Bonchev–Trinajstić information content (AvgIpc) is 2.26. The Morgan fingerprint density at radius 3 is 2.43 bits per heavy atom. The molecule has 0 spiro atoms. The van der Waals surface area contributed by atoms with E-state index in [-0.39, 0.29) is 6.04 Å². The molecule has 1 aromatic rings. The minimum atomic E-state index is -3.62. The summed E-state index contributed by atoms with van der Waals surface area (Å²) in [5.41, 5.74) is 0.988. The van der Waals surface area contributed by atoms with E-state index in [1.165, 1.54) is 4.88 Å². The van der Waals surface area contributed by atoms with E-state index >= 15 is 0 Å². The zero-order chi connectivity index (χ0) is 10.9. The van der Waals surface area contributed by atoms with Crippen LogP contribution in [-0.4, -0.2) is 8.42 Å². The van der Waals surface area contributed by atoms with Gasteiger partial charge in [0.1, 0.15) is 0 Å². The lowest BCUT2D eigenvalue weighted by atomic mass is 10.1. The van der Waals surface area contributed by atoms with Crippen LogP contribution in [0.3, 0.4) is 0 Å². The van der Waals surface area contributed by atoms with Gasteiger partial charge in [0.25, 0.3) is 10.2 Å². The van der Waals surface area contributed by atoms with Gasteiger partial charge in [0, 0.05) is 15.8 Å². The molecule has 0 aliphatic carbocycles. The maximum Gasteiger partial charge on any atom is 0.274 e. The Kier molecular flexibility index (Phi) is 3.31. The summed E-state index contributed by atoms with van der Waals surface area (Å²) in [4.78, 5) is 2.28. The Balaban J connectivity index is 2.90. The predicted octanol–water partition coefficient (Wildman–Crippen LogP) is 1.22. The van der Waals surface area contributed by atoms with E-state index in [2.05, 4.69) is 4.72 Å². The molecule has 0 aromatic carbocycles. The highest BCUT2D eigenvalue weighted by molar-refractivity contribution is 7.87. The fourth-order valence-electron chi connectivity index (χ4n) is 1.39. The van der Waals surface area contributed by atoms with Crippen molar-refractivity contribution in [2.45, 2.75) is 26.8 Å². The molecule has 1 aromatic heterocycles. The third-order valence-corrected chi connectivity index (χ3v) is 3.55. The van der Waals surface area contributed by atoms with E-state index in [0.29, 0.717) is 0 Å². The van der Waals surface area contributed by atoms with Crippen molar-refractivity contribution < 1.29 is 8.42 Å². The lowest BCUT2D eigenvalue weighted by Crippen LogP contribution is -2.33. The van der Waals surface area contributed by atoms with Gasteiger partial charge in [0.15, 0.2) is 0 Å². The second-order valence-electron chi connectivity index (χ2n) is 3.25. The fraction of sp³-hybridized carbons (Fsp3) is 0.500. The molecule has 80 valence electrons. The number of hydrogen-bond donors (Lipinski definition) is 2. The third kappa shape index (κ3) is 3.06. The first-order valence-corrected chi connectivity index (χ1v) is 6.53. The van der Waals surface area contributed by atoms with Gasteiger partial charge in [-0.05, 0) is 32.4 Å². The minimum Gasteiger partial charge on any atom is -0.216 e. The first-order chi connectivity index (χ1) is 6.29. The van der Waals surface area contributed by atoms with Gasteiger partial charge in [-0.15, -0.1) is 11.3 Å². The summed E-state index contributed by atoms with van der Waals surface area (Å²) < 4.78 is 24.0. The molecule has 0 aliphatic rings. The summed E-state index contributed by atoms with van der Waals surface area (Å²) in [5, 5.41) is 4.90. The van der Waals surface area contributed by atoms with Gasteiger partial charge in [0.2, 0.25) is 0 Å². The topological polar surface area (TPSA) is 72.2 Å². The highest BCUT2D eigenvalue weighted by Gasteiger charge is 2.14. The molecule has 1 rings (SSSR count).